The number of aryl methyl sites for hydroxylation is 2. The van der Waals surface area contributed by atoms with Gasteiger partial charge < -0.3 is 24.5 Å². The van der Waals surface area contributed by atoms with Crippen LogP contribution in [0.25, 0.3) is 17.0 Å². The minimum atomic E-state index is -0.471. The molecule has 3 unspecified atom stereocenters. The minimum Gasteiger partial charge on any atom is -0.447 e. The molecule has 2 aromatic carbocycles. The van der Waals surface area contributed by atoms with Crippen molar-refractivity contribution in [1.29, 1.82) is 0 Å². The van der Waals surface area contributed by atoms with Crippen LogP contribution in [0.4, 0.5) is 4.79 Å². The van der Waals surface area contributed by atoms with E-state index in [1.165, 1.54) is 12.8 Å². The molecular formula is C46H59N7O4. The van der Waals surface area contributed by atoms with Gasteiger partial charge in [0.05, 0.1) is 49.8 Å². The molecule has 0 bridgehead atoms. The molecule has 3 fully saturated rings. The second-order valence-corrected chi connectivity index (χ2v) is 16.1. The van der Waals surface area contributed by atoms with E-state index in [0.29, 0.717) is 25.6 Å². The number of carbonyl (C=O) groups is 1. The van der Waals surface area contributed by atoms with Crippen molar-refractivity contribution in [1.82, 2.24) is 30.7 Å². The molecule has 11 nitrogen and oxygen atoms in total. The normalized spacial score (nSPS) is 20.8. The molecule has 302 valence electrons. The topological polar surface area (TPSA) is 115 Å². The lowest BCUT2D eigenvalue weighted by molar-refractivity contribution is -0.0572. The van der Waals surface area contributed by atoms with E-state index in [1.807, 2.05) is 30.8 Å². The van der Waals surface area contributed by atoms with Gasteiger partial charge in [0, 0.05) is 54.1 Å². The molecule has 0 spiro atoms. The smallest absolute Gasteiger partial charge is 0.408 e. The zero-order valence-electron chi connectivity index (χ0n) is 34.4. The van der Waals surface area contributed by atoms with Gasteiger partial charge in [0.15, 0.2) is 0 Å². The number of nitrogens with one attached hydrogen (secondary N) is 2. The minimum absolute atomic E-state index is 0.00992. The standard InChI is InChI=1S/C46H59N7O4/c1-7-38-26-36(11-10-22-48-45(54)57-33(2)3)18-20-42(38)43(47-6)30-52(28-39-12-8-9-23-55-39)49-32-46(5)21-24-56-40(27-46)29-53-31-44(50-51-53)41-19-17-37(25-34(41)4)16-15-35-13-14-35/h17-20,25-26,30-31,33,35,39-40,49H,6-9,12-14,21-24,27-29,32H2,1-5H3,(H,48,54)/b43-30-. The SMILES string of the molecule is C=N/C(=C\N(CC1CCCCO1)NCC1(C)CCOC(Cn2cc(-c3ccc(C#CC4CC4)cc3C)nn2)C1)c1ccc(C#CCNC(=O)OC(C)C)cc1CC. The third-order valence-corrected chi connectivity index (χ3v) is 10.7. The number of alkyl carbamates (subject to hydrolysis) is 1. The first-order chi connectivity index (χ1) is 27.6. The fourth-order valence-corrected chi connectivity index (χ4v) is 7.32. The van der Waals surface area contributed by atoms with E-state index in [2.05, 4.69) is 119 Å². The molecule has 1 aromatic heterocycles. The molecule has 1 aliphatic carbocycles. The van der Waals surface area contributed by atoms with Crippen molar-refractivity contribution in [2.75, 3.05) is 32.8 Å². The van der Waals surface area contributed by atoms with Crippen LogP contribution in [0, 0.1) is 41.9 Å². The number of aromatic nitrogens is 3. The molecule has 57 heavy (non-hydrogen) atoms. The number of amides is 1. The Morgan fingerprint density at radius 3 is 2.67 bits per heavy atom. The Kier molecular flexibility index (Phi) is 14.6. The van der Waals surface area contributed by atoms with Gasteiger partial charge >= 0.3 is 6.09 Å². The summed E-state index contributed by atoms with van der Waals surface area (Å²) in [5, 5.41) is 13.8. The van der Waals surface area contributed by atoms with Crippen molar-refractivity contribution in [3.05, 3.63) is 76.6 Å². The summed E-state index contributed by atoms with van der Waals surface area (Å²) in [4.78, 5) is 16.3. The molecule has 3 heterocycles. The first-order valence-electron chi connectivity index (χ1n) is 20.6. The van der Waals surface area contributed by atoms with Gasteiger partial charge in [0.1, 0.15) is 5.69 Å². The molecule has 1 saturated carbocycles. The Labute approximate surface area is 339 Å². The molecule has 3 aliphatic rings. The van der Waals surface area contributed by atoms with Crippen LogP contribution in [0.5, 0.6) is 0 Å². The summed E-state index contributed by atoms with van der Waals surface area (Å²) in [6.07, 6.45) is 11.9. The highest BCUT2D eigenvalue weighted by molar-refractivity contribution is 5.71. The maximum absolute atomic E-state index is 11.8. The number of aliphatic imine (C=N–C) groups is 1. The third kappa shape index (κ3) is 12.5. The van der Waals surface area contributed by atoms with Gasteiger partial charge in [-0.2, -0.15) is 0 Å². The highest BCUT2D eigenvalue weighted by Crippen LogP contribution is 2.34. The summed E-state index contributed by atoms with van der Waals surface area (Å²) in [7, 11) is 0. The average Bonchev–Trinajstić information content (AvgIpc) is 3.92. The molecule has 11 heteroatoms. The first-order valence-corrected chi connectivity index (χ1v) is 20.6. The van der Waals surface area contributed by atoms with E-state index in [-0.39, 0.29) is 30.3 Å². The van der Waals surface area contributed by atoms with Gasteiger partial charge in [-0.3, -0.25) is 4.99 Å². The number of hydrazine groups is 1. The van der Waals surface area contributed by atoms with E-state index in [9.17, 15) is 4.79 Å². The van der Waals surface area contributed by atoms with Crippen LogP contribution in [-0.2, 0) is 27.2 Å². The molecule has 6 rings (SSSR count). The van der Waals surface area contributed by atoms with Gasteiger partial charge in [-0.15, -0.1) is 5.10 Å². The third-order valence-electron chi connectivity index (χ3n) is 10.7. The lowest BCUT2D eigenvalue weighted by Gasteiger charge is -2.40. The van der Waals surface area contributed by atoms with Gasteiger partial charge in [0.25, 0.3) is 0 Å². The lowest BCUT2D eigenvalue weighted by atomic mass is 9.79. The van der Waals surface area contributed by atoms with Gasteiger partial charge in [-0.05, 0) is 120 Å². The number of rotatable bonds is 14. The summed E-state index contributed by atoms with van der Waals surface area (Å²) in [6.45, 7) is 17.9. The van der Waals surface area contributed by atoms with Crippen LogP contribution in [0.2, 0.25) is 0 Å². The molecule has 2 aliphatic heterocycles. The van der Waals surface area contributed by atoms with Crippen LogP contribution in [0.3, 0.4) is 0 Å². The highest BCUT2D eigenvalue weighted by atomic mass is 16.6. The van der Waals surface area contributed by atoms with Crippen molar-refractivity contribution in [2.45, 2.75) is 111 Å². The number of benzene rings is 2. The number of ether oxygens (including phenoxy) is 3. The highest BCUT2D eigenvalue weighted by Gasteiger charge is 2.34. The summed E-state index contributed by atoms with van der Waals surface area (Å²) >= 11 is 0. The Bertz CT molecular complexity index is 2010. The molecular weight excluding hydrogens is 715 g/mol. The predicted octanol–water partition coefficient (Wildman–Crippen LogP) is 7.32. The molecule has 3 atom stereocenters. The Balaban J connectivity index is 1.11. The van der Waals surface area contributed by atoms with Gasteiger partial charge in [0.2, 0.25) is 0 Å². The number of nitrogens with zero attached hydrogens (tertiary/aromatic N) is 5. The van der Waals surface area contributed by atoms with Crippen molar-refractivity contribution in [3.63, 3.8) is 0 Å². The maximum Gasteiger partial charge on any atom is 0.408 e. The van der Waals surface area contributed by atoms with Crippen LogP contribution in [0.1, 0.15) is 100 Å². The van der Waals surface area contributed by atoms with E-state index >= 15 is 0 Å². The van der Waals surface area contributed by atoms with E-state index in [1.54, 1.807) is 0 Å². The summed E-state index contributed by atoms with van der Waals surface area (Å²) in [5.74, 6) is 13.4. The molecule has 2 N–H and O–H groups in total. The molecule has 0 radical (unpaired) electrons. The maximum atomic E-state index is 11.8. The molecule has 1 amide bonds. The fraction of sp³-hybridized carbons (Fsp3) is 0.522. The van der Waals surface area contributed by atoms with E-state index in [4.69, 9.17) is 14.2 Å². The van der Waals surface area contributed by atoms with Crippen molar-refractivity contribution < 1.29 is 19.0 Å². The number of hydrogen-bond donors (Lipinski definition) is 2. The predicted molar refractivity (Wildman–Crippen MR) is 225 cm³/mol. The number of carbonyl (C=O) groups excluding carboxylic acids is 1. The lowest BCUT2D eigenvalue weighted by Crippen LogP contribution is -2.48. The van der Waals surface area contributed by atoms with Crippen molar-refractivity contribution in [2.24, 2.45) is 16.3 Å². The van der Waals surface area contributed by atoms with Gasteiger partial charge in [-0.1, -0.05) is 54.9 Å². The van der Waals surface area contributed by atoms with E-state index < -0.39 is 6.09 Å². The van der Waals surface area contributed by atoms with Crippen molar-refractivity contribution in [3.8, 4) is 34.9 Å². The average molecular weight is 774 g/mol. The van der Waals surface area contributed by atoms with Crippen LogP contribution >= 0.6 is 0 Å². The summed E-state index contributed by atoms with van der Waals surface area (Å²) in [5.41, 5.74) is 11.7. The Morgan fingerprint density at radius 1 is 1.12 bits per heavy atom. The summed E-state index contributed by atoms with van der Waals surface area (Å²) in [6, 6.07) is 12.5. The second kappa shape index (κ2) is 20.0. The fourth-order valence-electron chi connectivity index (χ4n) is 7.32. The molecule has 3 aromatic rings. The zero-order valence-corrected chi connectivity index (χ0v) is 34.4. The first kappa shape index (κ1) is 41.7. The van der Waals surface area contributed by atoms with Crippen molar-refractivity contribution >= 4 is 18.5 Å². The van der Waals surface area contributed by atoms with Crippen LogP contribution in [0.15, 0.2) is 53.8 Å². The monoisotopic (exact) mass is 773 g/mol. The second-order valence-electron chi connectivity index (χ2n) is 16.1. The Hall–Kier alpha value is -4.94. The van der Waals surface area contributed by atoms with E-state index in [0.717, 1.165) is 96.4 Å². The summed E-state index contributed by atoms with van der Waals surface area (Å²) < 4.78 is 19.5. The van der Waals surface area contributed by atoms with Gasteiger partial charge in [-0.25, -0.2) is 14.9 Å². The van der Waals surface area contributed by atoms with Crippen LogP contribution in [-0.4, -0.2) is 84.0 Å². The van der Waals surface area contributed by atoms with Crippen LogP contribution < -0.4 is 10.7 Å². The quantitative estimate of drug-likeness (QED) is 0.0996. The Morgan fingerprint density at radius 2 is 1.93 bits per heavy atom. The zero-order chi connectivity index (χ0) is 40.2. The largest absolute Gasteiger partial charge is 0.447 e. The molecule has 2 saturated heterocycles. The number of hydrogen-bond acceptors (Lipinski definition) is 9.